The van der Waals surface area contributed by atoms with Gasteiger partial charge in [-0.1, -0.05) is 18.2 Å². The molecule has 8 heteroatoms. The second-order valence-electron chi connectivity index (χ2n) is 8.17. The maximum absolute atomic E-state index is 12.1. The van der Waals surface area contributed by atoms with Crippen LogP contribution in [0.4, 0.5) is 0 Å². The number of hydrogen-bond donors (Lipinski definition) is 3. The van der Waals surface area contributed by atoms with E-state index in [1.54, 1.807) is 4.68 Å². The fourth-order valence-corrected chi connectivity index (χ4v) is 3.48. The molecule has 0 aliphatic carbocycles. The van der Waals surface area contributed by atoms with E-state index in [1.165, 1.54) is 9.80 Å². The summed E-state index contributed by atoms with van der Waals surface area (Å²) in [6, 6.07) is 9.79. The van der Waals surface area contributed by atoms with E-state index in [0.717, 1.165) is 31.7 Å². The number of aromatic nitrogens is 2. The number of nitrogens with zero attached hydrogens (tertiary/aromatic N) is 2. The number of rotatable bonds is 5. The molecule has 0 saturated carbocycles. The largest absolute Gasteiger partial charge is 0.409 e. The lowest BCUT2D eigenvalue weighted by molar-refractivity contribution is -1.02. The number of carbonyl (C=O) groups excluding carboxylic acids is 1. The molecule has 0 spiro atoms. The lowest BCUT2D eigenvalue weighted by atomic mass is 10.1. The molecule has 0 atom stereocenters. The van der Waals surface area contributed by atoms with Crippen molar-refractivity contribution in [1.29, 1.82) is 0 Å². The van der Waals surface area contributed by atoms with Crippen molar-refractivity contribution < 1.29 is 19.0 Å². The molecule has 1 aromatic carbocycles. The Balaban J connectivity index is 1.52. The van der Waals surface area contributed by atoms with E-state index in [0.29, 0.717) is 23.9 Å². The van der Waals surface area contributed by atoms with E-state index in [9.17, 15) is 4.79 Å². The van der Waals surface area contributed by atoms with Crippen LogP contribution in [0.1, 0.15) is 20.8 Å². The molecular weight excluding hydrogens is 362 g/mol. The standard InChI is InChI=1S/C19H27N5O2S/c1-19(2,3)20-16(25)13-22-9-11-23(12-10-22)14-24-18(27)26-17(21-24)15-7-5-4-6-8-15/h4-8H,9-14H2,1-3H3,(H,20,25)/p+2. The second kappa shape index (κ2) is 8.33. The average Bonchev–Trinajstić information content (AvgIpc) is 2.96. The first kappa shape index (κ1) is 19.7. The van der Waals surface area contributed by atoms with Gasteiger partial charge in [0, 0.05) is 11.1 Å². The third kappa shape index (κ3) is 5.72. The van der Waals surface area contributed by atoms with Gasteiger partial charge in [0.25, 0.3) is 10.7 Å². The highest BCUT2D eigenvalue weighted by molar-refractivity contribution is 7.71. The van der Waals surface area contributed by atoms with Gasteiger partial charge in [-0.15, -0.1) is 5.10 Å². The summed E-state index contributed by atoms with van der Waals surface area (Å²) in [6.07, 6.45) is 0. The minimum atomic E-state index is -0.177. The smallest absolute Gasteiger partial charge is 0.292 e. The lowest BCUT2D eigenvalue weighted by Crippen LogP contribution is -3.28. The molecule has 27 heavy (non-hydrogen) atoms. The van der Waals surface area contributed by atoms with Crippen molar-refractivity contribution in [2.24, 2.45) is 0 Å². The molecule has 0 radical (unpaired) electrons. The Morgan fingerprint density at radius 3 is 2.44 bits per heavy atom. The van der Waals surface area contributed by atoms with Gasteiger partial charge in [-0.3, -0.25) is 4.79 Å². The summed E-state index contributed by atoms with van der Waals surface area (Å²) in [5.74, 6) is 0.676. The monoisotopic (exact) mass is 391 g/mol. The molecule has 1 aliphatic heterocycles. The van der Waals surface area contributed by atoms with Crippen LogP contribution in [0.5, 0.6) is 0 Å². The topological polar surface area (TPSA) is 68.9 Å². The van der Waals surface area contributed by atoms with E-state index in [4.69, 9.17) is 16.6 Å². The van der Waals surface area contributed by atoms with Crippen molar-refractivity contribution in [3.63, 3.8) is 0 Å². The Labute approximate surface area is 164 Å². The van der Waals surface area contributed by atoms with Crippen molar-refractivity contribution in [2.45, 2.75) is 33.0 Å². The third-order valence-corrected chi connectivity index (χ3v) is 4.88. The molecule has 2 aromatic rings. The summed E-state index contributed by atoms with van der Waals surface area (Å²) in [5.41, 5.74) is 0.750. The van der Waals surface area contributed by atoms with Gasteiger partial charge in [0.1, 0.15) is 26.2 Å². The third-order valence-electron chi connectivity index (χ3n) is 4.59. The SMILES string of the molecule is CC(C)(C)NC(=O)C[NH+]1CC[NH+](Cn2nc(-c3ccccc3)oc2=S)CC1. The molecule has 146 valence electrons. The van der Waals surface area contributed by atoms with E-state index in [-0.39, 0.29) is 11.4 Å². The highest BCUT2D eigenvalue weighted by Crippen LogP contribution is 2.16. The van der Waals surface area contributed by atoms with Gasteiger partial charge < -0.3 is 19.5 Å². The molecule has 1 saturated heterocycles. The van der Waals surface area contributed by atoms with Gasteiger partial charge in [0.05, 0.1) is 0 Å². The summed E-state index contributed by atoms with van der Waals surface area (Å²) in [4.78, 5) is 15.2. The van der Waals surface area contributed by atoms with Gasteiger partial charge in [0.15, 0.2) is 13.2 Å². The zero-order valence-electron chi connectivity index (χ0n) is 16.2. The first-order chi connectivity index (χ1) is 12.8. The molecule has 3 N–H and O–H groups in total. The van der Waals surface area contributed by atoms with Crippen LogP contribution in [0, 0.1) is 4.84 Å². The fourth-order valence-electron chi connectivity index (χ4n) is 3.30. The number of amides is 1. The van der Waals surface area contributed by atoms with Gasteiger partial charge in [-0.25, -0.2) is 0 Å². The zero-order valence-corrected chi connectivity index (χ0v) is 17.1. The van der Waals surface area contributed by atoms with E-state index < -0.39 is 0 Å². The molecular formula is C19H29N5O2S+2. The fraction of sp³-hybridized carbons (Fsp3) is 0.526. The number of hydrogen-bond acceptors (Lipinski definition) is 4. The molecule has 1 fully saturated rings. The van der Waals surface area contributed by atoms with Crippen molar-refractivity contribution in [3.05, 3.63) is 35.2 Å². The van der Waals surface area contributed by atoms with Crippen molar-refractivity contribution >= 4 is 18.1 Å². The summed E-state index contributed by atoms with van der Waals surface area (Å²) < 4.78 is 7.43. The Morgan fingerprint density at radius 2 is 1.81 bits per heavy atom. The molecule has 2 heterocycles. The van der Waals surface area contributed by atoms with Crippen LogP contribution < -0.4 is 15.1 Å². The van der Waals surface area contributed by atoms with Crippen LogP contribution >= 0.6 is 12.2 Å². The summed E-state index contributed by atoms with van der Waals surface area (Å²) >= 11 is 5.33. The molecule has 0 unspecified atom stereocenters. The van der Waals surface area contributed by atoms with Crippen LogP contribution in [0.25, 0.3) is 11.5 Å². The predicted octanol–water partition coefficient (Wildman–Crippen LogP) is -0.472. The highest BCUT2D eigenvalue weighted by atomic mass is 32.1. The van der Waals surface area contributed by atoms with Crippen molar-refractivity contribution in [2.75, 3.05) is 32.7 Å². The van der Waals surface area contributed by atoms with Gasteiger partial charge in [0.2, 0.25) is 5.89 Å². The Hall–Kier alpha value is -2.03. The van der Waals surface area contributed by atoms with Crippen LogP contribution in [0.3, 0.4) is 0 Å². The van der Waals surface area contributed by atoms with Crippen LogP contribution in [-0.2, 0) is 11.5 Å². The van der Waals surface area contributed by atoms with E-state index >= 15 is 0 Å². The Bertz CT molecular complexity index is 817. The molecule has 1 amide bonds. The predicted molar refractivity (Wildman–Crippen MR) is 105 cm³/mol. The minimum Gasteiger partial charge on any atom is -0.409 e. The molecule has 1 aliphatic rings. The Kier molecular flexibility index (Phi) is 6.08. The van der Waals surface area contributed by atoms with Crippen LogP contribution in [0.2, 0.25) is 0 Å². The summed E-state index contributed by atoms with van der Waals surface area (Å²) in [5, 5.41) is 7.57. The lowest BCUT2D eigenvalue weighted by Gasteiger charge is -2.30. The Morgan fingerprint density at radius 1 is 1.19 bits per heavy atom. The average molecular weight is 392 g/mol. The molecule has 0 bridgehead atoms. The number of quaternary nitrogens is 2. The number of benzene rings is 1. The first-order valence-electron chi connectivity index (χ1n) is 9.42. The van der Waals surface area contributed by atoms with Crippen molar-refractivity contribution in [1.82, 2.24) is 15.1 Å². The zero-order chi connectivity index (χ0) is 19.4. The summed E-state index contributed by atoms with van der Waals surface area (Å²) in [7, 11) is 0. The molecule has 7 nitrogen and oxygen atoms in total. The molecule has 1 aromatic heterocycles. The van der Waals surface area contributed by atoms with E-state index in [1.807, 2.05) is 51.1 Å². The maximum Gasteiger partial charge on any atom is 0.292 e. The minimum absolute atomic E-state index is 0.118. The second-order valence-corrected chi connectivity index (χ2v) is 8.52. The number of nitrogens with one attached hydrogen (secondary N) is 3. The normalized spacial score (nSPS) is 20.4. The van der Waals surface area contributed by atoms with E-state index in [2.05, 4.69) is 10.4 Å². The van der Waals surface area contributed by atoms with Crippen LogP contribution in [-0.4, -0.2) is 54.0 Å². The van der Waals surface area contributed by atoms with Gasteiger partial charge in [-0.05, 0) is 45.1 Å². The summed E-state index contributed by atoms with van der Waals surface area (Å²) in [6.45, 7) is 11.1. The number of piperazine rings is 1. The first-order valence-corrected chi connectivity index (χ1v) is 9.82. The quantitative estimate of drug-likeness (QED) is 0.603. The van der Waals surface area contributed by atoms with Crippen molar-refractivity contribution in [3.8, 4) is 11.5 Å². The van der Waals surface area contributed by atoms with Gasteiger partial charge >= 0.3 is 0 Å². The highest BCUT2D eigenvalue weighted by Gasteiger charge is 2.26. The number of carbonyl (C=O) groups is 1. The van der Waals surface area contributed by atoms with Gasteiger partial charge in [-0.2, -0.15) is 4.68 Å². The maximum atomic E-state index is 12.1. The molecule has 3 rings (SSSR count). The van der Waals surface area contributed by atoms with Crippen LogP contribution in [0.15, 0.2) is 34.7 Å².